The van der Waals surface area contributed by atoms with E-state index in [0.717, 1.165) is 21.8 Å². The molecule has 1 heterocycles. The normalized spacial score (nSPS) is 22.8. The van der Waals surface area contributed by atoms with Gasteiger partial charge in [0.1, 0.15) is 30.2 Å². The molecule has 1 fully saturated rings. The lowest BCUT2D eigenvalue weighted by Crippen LogP contribution is -2.54. The predicted molar refractivity (Wildman–Crippen MR) is 157 cm³/mol. The number of benzene rings is 3. The van der Waals surface area contributed by atoms with Crippen molar-refractivity contribution < 1.29 is 29.6 Å². The summed E-state index contributed by atoms with van der Waals surface area (Å²) in [7, 11) is 0. The number of amides is 1. The molecule has 0 aromatic heterocycles. The van der Waals surface area contributed by atoms with Gasteiger partial charge in [-0.05, 0) is 86.3 Å². The molecule has 1 saturated heterocycles. The van der Waals surface area contributed by atoms with Gasteiger partial charge >= 0.3 is 0 Å². The summed E-state index contributed by atoms with van der Waals surface area (Å²) in [6.07, 6.45) is -4.96. The van der Waals surface area contributed by atoms with Crippen molar-refractivity contribution in [2.45, 2.75) is 68.6 Å². The van der Waals surface area contributed by atoms with E-state index in [9.17, 15) is 20.1 Å². The number of hydrogen-bond donors (Lipinski definition) is 4. The van der Waals surface area contributed by atoms with E-state index in [1.165, 1.54) is 11.8 Å². The lowest BCUT2D eigenvalue weighted by Gasteiger charge is -2.41. The topological polar surface area (TPSA) is 108 Å². The second kappa shape index (κ2) is 13.9. The lowest BCUT2D eigenvalue weighted by atomic mass is 9.90. The highest BCUT2D eigenvalue weighted by molar-refractivity contribution is 7.99. The number of ether oxygens (including phenoxy) is 2. The molecule has 9 heteroatoms. The number of rotatable bonds is 10. The van der Waals surface area contributed by atoms with E-state index in [0.29, 0.717) is 34.9 Å². The third-order valence-electron chi connectivity index (χ3n) is 6.69. The second-order valence-electron chi connectivity index (χ2n) is 10.1. The van der Waals surface area contributed by atoms with Crippen LogP contribution in [0.1, 0.15) is 53.9 Å². The zero-order valence-electron chi connectivity index (χ0n) is 22.8. The molecule has 0 bridgehead atoms. The number of carbonyl (C=O) groups is 1. The molecule has 4 N–H and O–H groups in total. The van der Waals surface area contributed by atoms with Gasteiger partial charge < -0.3 is 30.1 Å². The van der Waals surface area contributed by atoms with Gasteiger partial charge in [0.25, 0.3) is 5.91 Å². The van der Waals surface area contributed by atoms with Gasteiger partial charge in [0.05, 0.1) is 12.7 Å². The van der Waals surface area contributed by atoms with Gasteiger partial charge in [-0.15, -0.1) is 11.8 Å². The monoisotopic (exact) mass is 585 g/mol. The maximum absolute atomic E-state index is 12.2. The number of aliphatic hydroxyl groups excluding tert-OH is 3. The van der Waals surface area contributed by atoms with Gasteiger partial charge in [-0.3, -0.25) is 4.79 Å². The third kappa shape index (κ3) is 7.57. The molecule has 0 spiro atoms. The van der Waals surface area contributed by atoms with Crippen LogP contribution in [-0.4, -0.2) is 64.0 Å². The fourth-order valence-corrected chi connectivity index (χ4v) is 5.73. The third-order valence-corrected chi connectivity index (χ3v) is 8.16. The van der Waals surface area contributed by atoms with E-state index in [4.69, 9.17) is 21.1 Å². The maximum atomic E-state index is 12.2. The Morgan fingerprint density at radius 1 is 1.00 bits per heavy atom. The maximum Gasteiger partial charge on any atom is 0.251 e. The Morgan fingerprint density at radius 2 is 1.70 bits per heavy atom. The molecule has 3 aromatic rings. The van der Waals surface area contributed by atoms with Crippen LogP contribution in [0.2, 0.25) is 5.02 Å². The molecule has 1 aliphatic rings. The van der Waals surface area contributed by atoms with Crippen molar-refractivity contribution in [2.75, 3.05) is 12.4 Å². The minimum atomic E-state index is -1.38. The molecule has 4 rings (SSSR count). The summed E-state index contributed by atoms with van der Waals surface area (Å²) in [6, 6.07) is 20.4. The van der Waals surface area contributed by atoms with E-state index in [1.807, 2.05) is 63.2 Å². The first kappa shape index (κ1) is 30.4. The number of nitrogens with one attached hydrogen (secondary N) is 1. The quantitative estimate of drug-likeness (QED) is 0.254. The Hall–Kier alpha value is -2.59. The van der Waals surface area contributed by atoms with Crippen LogP contribution >= 0.6 is 23.4 Å². The molecule has 5 atom stereocenters. The number of aliphatic hydroxyl groups is 3. The summed E-state index contributed by atoms with van der Waals surface area (Å²) in [6.45, 7) is 6.35. The first-order chi connectivity index (χ1) is 19.2. The van der Waals surface area contributed by atoms with Crippen LogP contribution in [0.25, 0.3) is 0 Å². The van der Waals surface area contributed by atoms with E-state index in [1.54, 1.807) is 24.3 Å². The van der Waals surface area contributed by atoms with Gasteiger partial charge in [0, 0.05) is 27.3 Å². The Kier molecular flexibility index (Phi) is 10.5. The fraction of sp³-hybridized carbons (Fsp3) is 0.387. The molecular formula is C31H36ClNO6S. The second-order valence-corrected chi connectivity index (χ2v) is 11.6. The minimum Gasteiger partial charge on any atom is -0.494 e. The van der Waals surface area contributed by atoms with Gasteiger partial charge in [0.2, 0.25) is 0 Å². The van der Waals surface area contributed by atoms with Crippen molar-refractivity contribution >= 4 is 29.3 Å². The van der Waals surface area contributed by atoms with E-state index >= 15 is 0 Å². The predicted octanol–water partition coefficient (Wildman–Crippen LogP) is 4.78. The standard InChI is InChI=1S/C31H36ClNO6S/c1-4-38-23-10-5-19(6-11-23)15-22-16-21(9-14-25(22)32)30-29(36)28(35)27(34)26(39-30)17-40-24-12-7-20(8-13-24)31(37)33-18(2)3/h5-14,16,18,26-30,34-36H,4,15,17H2,1-3H3,(H,33,37)/t26-,27+,28-,29-,30+/m1/s1. The molecule has 0 unspecified atom stereocenters. The van der Waals surface area contributed by atoms with Crippen LogP contribution in [0.3, 0.4) is 0 Å². The van der Waals surface area contributed by atoms with E-state index < -0.39 is 30.5 Å². The summed E-state index contributed by atoms with van der Waals surface area (Å²) in [5.74, 6) is 1.00. The highest BCUT2D eigenvalue weighted by Gasteiger charge is 2.44. The molecule has 3 aromatic carbocycles. The fourth-order valence-electron chi connectivity index (χ4n) is 4.59. The number of carbonyl (C=O) groups excluding carboxylic acids is 1. The highest BCUT2D eigenvalue weighted by atomic mass is 35.5. The average molecular weight is 586 g/mol. The molecule has 1 amide bonds. The molecule has 0 radical (unpaired) electrons. The van der Waals surface area contributed by atoms with Crippen molar-refractivity contribution in [1.82, 2.24) is 5.32 Å². The Balaban J connectivity index is 1.45. The smallest absolute Gasteiger partial charge is 0.251 e. The van der Waals surface area contributed by atoms with Crippen LogP contribution < -0.4 is 10.1 Å². The first-order valence-corrected chi connectivity index (χ1v) is 14.8. The van der Waals surface area contributed by atoms with Crippen molar-refractivity contribution in [1.29, 1.82) is 0 Å². The van der Waals surface area contributed by atoms with Crippen molar-refractivity contribution in [2.24, 2.45) is 0 Å². The molecule has 0 aliphatic carbocycles. The van der Waals surface area contributed by atoms with Crippen molar-refractivity contribution in [3.8, 4) is 5.75 Å². The molecule has 7 nitrogen and oxygen atoms in total. The lowest BCUT2D eigenvalue weighted by molar-refractivity contribution is -0.218. The van der Waals surface area contributed by atoms with Crippen LogP contribution in [0.5, 0.6) is 5.75 Å². The summed E-state index contributed by atoms with van der Waals surface area (Å²) < 4.78 is 11.7. The van der Waals surface area contributed by atoms with E-state index in [2.05, 4.69) is 5.32 Å². The van der Waals surface area contributed by atoms with Crippen LogP contribution in [0.15, 0.2) is 71.6 Å². The van der Waals surface area contributed by atoms with Gasteiger partial charge in [-0.1, -0.05) is 35.9 Å². The number of thioether (sulfide) groups is 1. The summed E-state index contributed by atoms with van der Waals surface area (Å²) >= 11 is 7.95. The van der Waals surface area contributed by atoms with Crippen molar-refractivity contribution in [3.05, 3.63) is 94.0 Å². The summed E-state index contributed by atoms with van der Waals surface area (Å²) in [5.41, 5.74) is 3.13. The van der Waals surface area contributed by atoms with Gasteiger partial charge in [-0.25, -0.2) is 0 Å². The minimum absolute atomic E-state index is 0.0464. The Labute approximate surface area is 244 Å². The Morgan fingerprint density at radius 3 is 2.35 bits per heavy atom. The first-order valence-electron chi connectivity index (χ1n) is 13.4. The van der Waals surface area contributed by atoms with Crippen molar-refractivity contribution in [3.63, 3.8) is 0 Å². The SMILES string of the molecule is CCOc1ccc(Cc2cc([C@@H]3O[C@H](CSc4ccc(C(=O)NC(C)C)cc4)[C@H](O)[C@@H](O)[C@H]3O)ccc2Cl)cc1. The van der Waals surface area contributed by atoms with Crippen LogP contribution in [0.4, 0.5) is 0 Å². The average Bonchev–Trinajstić information content (AvgIpc) is 2.94. The molecular weight excluding hydrogens is 550 g/mol. The Bertz CT molecular complexity index is 1270. The van der Waals surface area contributed by atoms with Gasteiger partial charge in [0.15, 0.2) is 0 Å². The van der Waals surface area contributed by atoms with Crippen LogP contribution in [-0.2, 0) is 11.2 Å². The molecule has 214 valence electrons. The molecule has 40 heavy (non-hydrogen) atoms. The summed E-state index contributed by atoms with van der Waals surface area (Å²) in [4.78, 5) is 13.1. The van der Waals surface area contributed by atoms with Crippen LogP contribution in [0, 0.1) is 0 Å². The number of hydrogen-bond acceptors (Lipinski definition) is 7. The highest BCUT2D eigenvalue weighted by Crippen LogP contribution is 2.36. The van der Waals surface area contributed by atoms with E-state index in [-0.39, 0.29) is 11.9 Å². The zero-order valence-corrected chi connectivity index (χ0v) is 24.4. The molecule has 1 aliphatic heterocycles. The summed E-state index contributed by atoms with van der Waals surface area (Å²) in [5, 5.41) is 35.6. The number of halogens is 1. The largest absolute Gasteiger partial charge is 0.494 e. The molecule has 0 saturated carbocycles. The van der Waals surface area contributed by atoms with Gasteiger partial charge in [-0.2, -0.15) is 0 Å². The zero-order chi connectivity index (χ0) is 28.8.